The molecule has 1 amide bonds. The number of rotatable bonds is 10. The Balaban J connectivity index is 1.59. The minimum Gasteiger partial charge on any atom is -0.493 e. The van der Waals surface area contributed by atoms with Crippen LogP contribution in [0.5, 0.6) is 11.5 Å². The summed E-state index contributed by atoms with van der Waals surface area (Å²) in [6, 6.07) is 16.8. The molecule has 0 atom stereocenters. The molecule has 41 heavy (non-hydrogen) atoms. The van der Waals surface area contributed by atoms with E-state index in [4.69, 9.17) is 9.47 Å². The van der Waals surface area contributed by atoms with E-state index in [1.807, 2.05) is 6.92 Å². The molecule has 3 aromatic carbocycles. The van der Waals surface area contributed by atoms with Crippen LogP contribution in [0, 0.1) is 25.5 Å². The van der Waals surface area contributed by atoms with Crippen LogP contribution in [0.2, 0.25) is 0 Å². The first-order valence-corrected chi connectivity index (χ1v) is 13.8. The van der Waals surface area contributed by atoms with E-state index in [0.717, 1.165) is 22.1 Å². The number of hydrogen-bond donors (Lipinski definition) is 1. The van der Waals surface area contributed by atoms with Crippen LogP contribution < -0.4 is 19.2 Å². The van der Waals surface area contributed by atoms with Gasteiger partial charge in [0.2, 0.25) is 0 Å². The fourth-order valence-corrected chi connectivity index (χ4v) is 5.73. The number of aromatic nitrogens is 1. The molecule has 0 saturated carbocycles. The molecule has 0 bridgehead atoms. The van der Waals surface area contributed by atoms with Gasteiger partial charge in [0.1, 0.15) is 18.2 Å². The van der Waals surface area contributed by atoms with Crippen molar-refractivity contribution in [3.05, 3.63) is 101 Å². The number of hydrogen-bond acceptors (Lipinski definition) is 6. The molecular formula is C29H28F2N4O5S. The Bertz CT molecular complexity index is 1700. The third-order valence-corrected chi connectivity index (χ3v) is 8.07. The zero-order chi connectivity index (χ0) is 29.7. The van der Waals surface area contributed by atoms with Crippen molar-refractivity contribution in [1.29, 1.82) is 0 Å². The van der Waals surface area contributed by atoms with Crippen molar-refractivity contribution < 1.29 is 31.5 Å². The molecule has 1 aromatic heterocycles. The van der Waals surface area contributed by atoms with Crippen molar-refractivity contribution in [2.45, 2.75) is 18.7 Å². The van der Waals surface area contributed by atoms with E-state index in [0.29, 0.717) is 22.7 Å². The lowest BCUT2D eigenvalue weighted by molar-refractivity contribution is -0.119. The maximum Gasteiger partial charge on any atom is 0.264 e. The second kappa shape index (κ2) is 12.2. The summed E-state index contributed by atoms with van der Waals surface area (Å²) >= 11 is 0. The van der Waals surface area contributed by atoms with Crippen LogP contribution in [0.25, 0.3) is 5.69 Å². The third-order valence-electron chi connectivity index (χ3n) is 6.30. The van der Waals surface area contributed by atoms with Crippen LogP contribution >= 0.6 is 0 Å². The van der Waals surface area contributed by atoms with Crippen molar-refractivity contribution in [2.75, 3.05) is 25.1 Å². The second-order valence-corrected chi connectivity index (χ2v) is 10.8. The molecule has 1 N–H and O–H groups in total. The van der Waals surface area contributed by atoms with Gasteiger partial charge in [0, 0.05) is 23.0 Å². The summed E-state index contributed by atoms with van der Waals surface area (Å²) in [5.41, 5.74) is 4.84. The van der Waals surface area contributed by atoms with Gasteiger partial charge >= 0.3 is 0 Å². The van der Waals surface area contributed by atoms with E-state index in [1.54, 1.807) is 35.8 Å². The molecular weight excluding hydrogens is 554 g/mol. The summed E-state index contributed by atoms with van der Waals surface area (Å²) in [6.45, 7) is 2.94. The molecule has 9 nitrogen and oxygen atoms in total. The Morgan fingerprint density at radius 3 is 2.32 bits per heavy atom. The fraction of sp³-hybridized carbons (Fsp3) is 0.172. The Labute approximate surface area is 236 Å². The minimum atomic E-state index is -4.32. The van der Waals surface area contributed by atoms with Crippen molar-refractivity contribution in [3.8, 4) is 17.2 Å². The Morgan fingerprint density at radius 1 is 0.976 bits per heavy atom. The number of para-hydroxylation sites is 1. The van der Waals surface area contributed by atoms with Gasteiger partial charge in [0.25, 0.3) is 15.9 Å². The predicted octanol–water partition coefficient (Wildman–Crippen LogP) is 4.74. The number of ether oxygens (including phenoxy) is 2. The van der Waals surface area contributed by atoms with Crippen LogP contribution in [-0.4, -0.2) is 45.9 Å². The lowest BCUT2D eigenvalue weighted by atomic mass is 10.2. The van der Waals surface area contributed by atoms with E-state index < -0.39 is 28.3 Å². The molecule has 12 heteroatoms. The first kappa shape index (κ1) is 29.3. The van der Waals surface area contributed by atoms with Gasteiger partial charge in [-0.15, -0.1) is 0 Å². The molecule has 0 aliphatic rings. The van der Waals surface area contributed by atoms with Crippen molar-refractivity contribution in [2.24, 2.45) is 5.10 Å². The van der Waals surface area contributed by atoms with Gasteiger partial charge in [0.15, 0.2) is 11.5 Å². The number of benzene rings is 3. The average molecular weight is 583 g/mol. The van der Waals surface area contributed by atoms with Crippen LogP contribution in [0.15, 0.2) is 82.8 Å². The Kier molecular flexibility index (Phi) is 8.72. The second-order valence-electron chi connectivity index (χ2n) is 8.91. The van der Waals surface area contributed by atoms with E-state index in [9.17, 15) is 22.0 Å². The SMILES string of the molecule is COc1ccc(S(=O)(=O)N(CC(=O)N/N=C\c2cc(C)n(-c3ccccc3F)c2C)c2ccc(F)cc2)cc1OC. The highest BCUT2D eigenvalue weighted by Gasteiger charge is 2.28. The van der Waals surface area contributed by atoms with Gasteiger partial charge in [-0.3, -0.25) is 9.10 Å². The number of nitrogens with one attached hydrogen (secondary N) is 1. The number of nitrogens with zero attached hydrogens (tertiary/aromatic N) is 3. The largest absolute Gasteiger partial charge is 0.493 e. The first-order chi connectivity index (χ1) is 19.6. The van der Waals surface area contributed by atoms with Crippen molar-refractivity contribution in [1.82, 2.24) is 9.99 Å². The fourth-order valence-electron chi connectivity index (χ4n) is 4.29. The summed E-state index contributed by atoms with van der Waals surface area (Å²) in [5.74, 6) is -1.21. The summed E-state index contributed by atoms with van der Waals surface area (Å²) in [6.07, 6.45) is 1.39. The summed E-state index contributed by atoms with van der Waals surface area (Å²) in [4.78, 5) is 12.7. The Hall–Kier alpha value is -4.71. The lowest BCUT2D eigenvalue weighted by Crippen LogP contribution is -2.39. The van der Waals surface area contributed by atoms with Crippen LogP contribution in [-0.2, 0) is 14.8 Å². The van der Waals surface area contributed by atoms with Gasteiger partial charge in [0.05, 0.1) is 36.7 Å². The number of aryl methyl sites for hydroxylation is 1. The topological polar surface area (TPSA) is 102 Å². The van der Waals surface area contributed by atoms with Gasteiger partial charge in [-0.05, 0) is 68.4 Å². The minimum absolute atomic E-state index is 0.0637. The molecule has 0 aliphatic heterocycles. The van der Waals surface area contributed by atoms with Crippen LogP contribution in [0.3, 0.4) is 0 Å². The van der Waals surface area contributed by atoms with E-state index in [-0.39, 0.29) is 22.1 Å². The third kappa shape index (κ3) is 6.22. The number of carbonyl (C=O) groups excluding carboxylic acids is 1. The maximum atomic E-state index is 14.4. The molecule has 0 saturated heterocycles. The standard InChI is InChI=1S/C29H28F2N4O5S/c1-19-15-21(20(2)35(19)26-8-6-5-7-25(26)31)17-32-33-29(36)18-34(23-11-9-22(30)10-12-23)41(37,38)24-13-14-27(39-3)28(16-24)40-4/h5-17H,18H2,1-4H3,(H,33,36)/b32-17-. The van der Waals surface area contributed by atoms with Crippen LogP contribution in [0.4, 0.5) is 14.5 Å². The van der Waals surface area contributed by atoms with Gasteiger partial charge in [-0.1, -0.05) is 12.1 Å². The van der Waals surface area contributed by atoms with Crippen molar-refractivity contribution >= 4 is 27.8 Å². The molecule has 0 spiro atoms. The highest BCUT2D eigenvalue weighted by atomic mass is 32.2. The van der Waals surface area contributed by atoms with Gasteiger partial charge < -0.3 is 14.0 Å². The zero-order valence-electron chi connectivity index (χ0n) is 22.8. The number of halogens is 2. The molecule has 214 valence electrons. The average Bonchev–Trinajstić information content (AvgIpc) is 3.24. The van der Waals surface area contributed by atoms with Gasteiger partial charge in [-0.2, -0.15) is 5.10 Å². The molecule has 1 heterocycles. The quantitative estimate of drug-likeness (QED) is 0.215. The summed E-state index contributed by atoms with van der Waals surface area (Å²) < 4.78 is 68.3. The van der Waals surface area contributed by atoms with Gasteiger partial charge in [-0.25, -0.2) is 22.6 Å². The highest BCUT2D eigenvalue weighted by Crippen LogP contribution is 2.32. The first-order valence-electron chi connectivity index (χ1n) is 12.3. The molecule has 0 unspecified atom stereocenters. The molecule has 4 aromatic rings. The molecule has 0 fully saturated rings. The summed E-state index contributed by atoms with van der Waals surface area (Å²) in [7, 11) is -1.53. The number of amides is 1. The van der Waals surface area contributed by atoms with Crippen molar-refractivity contribution in [3.63, 3.8) is 0 Å². The van der Waals surface area contributed by atoms with Crippen LogP contribution in [0.1, 0.15) is 17.0 Å². The van der Waals surface area contributed by atoms with E-state index >= 15 is 0 Å². The van der Waals surface area contributed by atoms with E-state index in [2.05, 4.69) is 10.5 Å². The number of anilines is 1. The number of carbonyl (C=O) groups is 1. The highest BCUT2D eigenvalue weighted by molar-refractivity contribution is 7.92. The lowest BCUT2D eigenvalue weighted by Gasteiger charge is -2.24. The van der Waals surface area contributed by atoms with E-state index in [1.165, 1.54) is 56.8 Å². The normalized spacial score (nSPS) is 11.5. The number of methoxy groups -OCH3 is 2. The summed E-state index contributed by atoms with van der Waals surface area (Å²) in [5, 5.41) is 3.99. The zero-order valence-corrected chi connectivity index (χ0v) is 23.6. The molecule has 4 rings (SSSR count). The number of hydrazone groups is 1. The maximum absolute atomic E-state index is 14.4. The monoisotopic (exact) mass is 582 g/mol. The molecule has 0 aliphatic carbocycles. The predicted molar refractivity (Wildman–Crippen MR) is 151 cm³/mol. The smallest absolute Gasteiger partial charge is 0.264 e. The number of sulfonamides is 1. The Morgan fingerprint density at radius 2 is 1.66 bits per heavy atom. The molecule has 0 radical (unpaired) electrons.